The number of hydrogen-bond acceptors (Lipinski definition) is 3. The molecule has 3 N–H and O–H groups in total. The van der Waals surface area contributed by atoms with Crippen LogP contribution in [0, 0.1) is 19.7 Å². The number of benzene rings is 2. The highest BCUT2D eigenvalue weighted by molar-refractivity contribution is 5.73. The number of hydrogen-bond donors (Lipinski definition) is 3. The topological polar surface area (TPSA) is 82.7 Å². The highest BCUT2D eigenvalue weighted by atomic mass is 19.1. The number of aromatic nitrogens is 1. The van der Waals surface area contributed by atoms with E-state index in [1.807, 2.05) is 44.2 Å². The van der Waals surface area contributed by atoms with Crippen molar-refractivity contribution >= 4 is 5.97 Å². The van der Waals surface area contributed by atoms with Crippen LogP contribution in [0.2, 0.25) is 0 Å². The predicted molar refractivity (Wildman–Crippen MR) is 118 cm³/mol. The van der Waals surface area contributed by atoms with Crippen LogP contribution in [-0.4, -0.2) is 38.1 Å². The average molecular weight is 426 g/mol. The zero-order chi connectivity index (χ0) is 22.5. The van der Waals surface area contributed by atoms with Gasteiger partial charge in [-0.2, -0.15) is 0 Å². The van der Waals surface area contributed by atoms with Gasteiger partial charge in [-0.1, -0.05) is 30.3 Å². The van der Waals surface area contributed by atoms with E-state index in [1.165, 1.54) is 12.1 Å². The number of carboxylic acid groups (broad SMARTS) is 1. The number of aliphatic hydroxyl groups is 2. The molecule has 31 heavy (non-hydrogen) atoms. The molecule has 0 aliphatic rings. The van der Waals surface area contributed by atoms with Crippen LogP contribution < -0.4 is 0 Å². The van der Waals surface area contributed by atoms with Crippen molar-refractivity contribution in [3.63, 3.8) is 0 Å². The fraction of sp³-hybridized carbons (Fsp3) is 0.320. The van der Waals surface area contributed by atoms with E-state index >= 15 is 0 Å². The van der Waals surface area contributed by atoms with Crippen molar-refractivity contribution in [3.05, 3.63) is 77.4 Å². The van der Waals surface area contributed by atoms with E-state index in [1.54, 1.807) is 12.1 Å². The maximum atomic E-state index is 13.5. The van der Waals surface area contributed by atoms with Gasteiger partial charge in [0.25, 0.3) is 0 Å². The molecule has 0 spiro atoms. The van der Waals surface area contributed by atoms with Crippen molar-refractivity contribution in [1.29, 1.82) is 0 Å². The fourth-order valence-corrected chi connectivity index (χ4v) is 4.20. The lowest BCUT2D eigenvalue weighted by Crippen LogP contribution is -2.21. The Morgan fingerprint density at radius 2 is 1.61 bits per heavy atom. The Bertz CT molecular complexity index is 1030. The minimum atomic E-state index is -1.09. The molecule has 1 heterocycles. The Morgan fingerprint density at radius 1 is 0.968 bits per heavy atom. The molecule has 0 saturated carbocycles. The van der Waals surface area contributed by atoms with E-state index in [4.69, 9.17) is 5.11 Å². The van der Waals surface area contributed by atoms with Crippen LogP contribution in [0.4, 0.5) is 4.39 Å². The van der Waals surface area contributed by atoms with Gasteiger partial charge in [0.15, 0.2) is 0 Å². The molecule has 164 valence electrons. The molecule has 0 bridgehead atoms. The van der Waals surface area contributed by atoms with Crippen LogP contribution in [0.15, 0.2) is 54.6 Å². The Labute approximate surface area is 181 Å². The number of para-hydroxylation sites is 1. The number of halogens is 1. The smallest absolute Gasteiger partial charge is 0.305 e. The van der Waals surface area contributed by atoms with Crippen LogP contribution in [-0.2, 0) is 11.2 Å². The van der Waals surface area contributed by atoms with Crippen molar-refractivity contribution in [3.8, 4) is 16.8 Å². The summed E-state index contributed by atoms with van der Waals surface area (Å²) in [5.41, 5.74) is 6.00. The number of rotatable bonds is 9. The number of aliphatic hydroxyl groups excluding tert-OH is 2. The largest absolute Gasteiger partial charge is 0.481 e. The molecule has 2 atom stereocenters. The lowest BCUT2D eigenvalue weighted by atomic mass is 9.95. The van der Waals surface area contributed by atoms with E-state index in [0.29, 0.717) is 12.8 Å². The third-order valence-corrected chi connectivity index (χ3v) is 5.60. The predicted octanol–water partition coefficient (Wildman–Crippen LogP) is 4.42. The normalized spacial score (nSPS) is 13.2. The molecular formula is C25H28FNO4. The second-order valence-electron chi connectivity index (χ2n) is 7.88. The molecule has 0 amide bonds. The fourth-order valence-electron chi connectivity index (χ4n) is 4.20. The first-order valence-corrected chi connectivity index (χ1v) is 10.4. The van der Waals surface area contributed by atoms with Crippen LogP contribution >= 0.6 is 0 Å². The van der Waals surface area contributed by atoms with E-state index in [-0.39, 0.29) is 18.7 Å². The van der Waals surface area contributed by atoms with Crippen LogP contribution in [0.3, 0.4) is 0 Å². The summed E-state index contributed by atoms with van der Waals surface area (Å²) in [6.45, 7) is 4.04. The number of nitrogens with zero attached hydrogens (tertiary/aromatic N) is 1. The molecule has 1 aromatic heterocycles. The second-order valence-corrected chi connectivity index (χ2v) is 7.88. The van der Waals surface area contributed by atoms with Gasteiger partial charge in [0.1, 0.15) is 5.82 Å². The van der Waals surface area contributed by atoms with Gasteiger partial charge in [-0.05, 0) is 68.5 Å². The Kier molecular flexibility index (Phi) is 7.25. The van der Waals surface area contributed by atoms with E-state index in [0.717, 1.165) is 33.8 Å². The maximum Gasteiger partial charge on any atom is 0.305 e. The number of carboxylic acids is 1. The molecule has 0 saturated heterocycles. The quantitative estimate of drug-likeness (QED) is 0.474. The van der Waals surface area contributed by atoms with Gasteiger partial charge in [0.05, 0.1) is 18.6 Å². The van der Waals surface area contributed by atoms with E-state index in [9.17, 15) is 19.4 Å². The van der Waals surface area contributed by atoms with E-state index < -0.39 is 18.2 Å². The molecule has 0 fully saturated rings. The van der Waals surface area contributed by atoms with Gasteiger partial charge in [-0.15, -0.1) is 0 Å². The molecule has 0 aliphatic heterocycles. The van der Waals surface area contributed by atoms with Crippen LogP contribution in [0.5, 0.6) is 0 Å². The molecule has 3 aromatic rings. The van der Waals surface area contributed by atoms with Gasteiger partial charge in [0.2, 0.25) is 0 Å². The summed E-state index contributed by atoms with van der Waals surface area (Å²) < 4.78 is 15.7. The van der Waals surface area contributed by atoms with Crippen LogP contribution in [0.25, 0.3) is 16.8 Å². The first kappa shape index (κ1) is 22.7. The van der Waals surface area contributed by atoms with Crippen molar-refractivity contribution in [2.45, 2.75) is 51.7 Å². The van der Waals surface area contributed by atoms with Gasteiger partial charge >= 0.3 is 5.97 Å². The van der Waals surface area contributed by atoms with Crippen molar-refractivity contribution in [1.82, 2.24) is 4.57 Å². The number of carbonyl (C=O) groups is 1. The lowest BCUT2D eigenvalue weighted by Gasteiger charge is -2.15. The minimum absolute atomic E-state index is 0.00953. The Hall–Kier alpha value is -2.96. The molecule has 3 rings (SSSR count). The SMILES string of the molecule is Cc1c(CC[C@H](O)C[C@@H](O)CC(=O)O)c(-c2ccc(F)cc2)c(C)n1-c1ccccc1. The van der Waals surface area contributed by atoms with Crippen molar-refractivity contribution < 1.29 is 24.5 Å². The summed E-state index contributed by atoms with van der Waals surface area (Å²) in [5.74, 6) is -1.39. The summed E-state index contributed by atoms with van der Waals surface area (Å²) in [4.78, 5) is 10.7. The van der Waals surface area contributed by atoms with Crippen molar-refractivity contribution in [2.75, 3.05) is 0 Å². The van der Waals surface area contributed by atoms with Crippen molar-refractivity contribution in [2.24, 2.45) is 0 Å². The van der Waals surface area contributed by atoms with Gasteiger partial charge in [0, 0.05) is 22.6 Å². The lowest BCUT2D eigenvalue weighted by molar-refractivity contribution is -0.139. The molecule has 0 unspecified atom stereocenters. The van der Waals surface area contributed by atoms with Gasteiger partial charge < -0.3 is 19.9 Å². The van der Waals surface area contributed by atoms with Gasteiger partial charge in [-0.3, -0.25) is 4.79 Å². The second kappa shape index (κ2) is 9.90. The average Bonchev–Trinajstić information content (AvgIpc) is 2.96. The Morgan fingerprint density at radius 3 is 2.23 bits per heavy atom. The minimum Gasteiger partial charge on any atom is -0.481 e. The summed E-state index contributed by atoms with van der Waals surface area (Å²) in [7, 11) is 0. The summed E-state index contributed by atoms with van der Waals surface area (Å²) in [5, 5.41) is 29.0. The third kappa shape index (κ3) is 5.40. The highest BCUT2D eigenvalue weighted by Gasteiger charge is 2.22. The van der Waals surface area contributed by atoms with E-state index in [2.05, 4.69) is 4.57 Å². The molecule has 5 nitrogen and oxygen atoms in total. The van der Waals surface area contributed by atoms with Gasteiger partial charge in [-0.25, -0.2) is 4.39 Å². The monoisotopic (exact) mass is 425 g/mol. The maximum absolute atomic E-state index is 13.5. The summed E-state index contributed by atoms with van der Waals surface area (Å²) in [6.07, 6.45) is -1.36. The standard InChI is InChI=1S/C25H28FNO4/c1-16-23(13-12-21(28)14-22(29)15-24(30)31)25(18-8-10-19(26)11-9-18)17(2)27(16)20-6-4-3-5-7-20/h3-11,21-22,28-29H,12-15H2,1-2H3,(H,30,31)/t21-,22+/m0/s1. The molecular weight excluding hydrogens is 397 g/mol. The number of aliphatic carboxylic acids is 1. The first-order valence-electron chi connectivity index (χ1n) is 10.4. The summed E-state index contributed by atoms with van der Waals surface area (Å²) >= 11 is 0. The third-order valence-electron chi connectivity index (χ3n) is 5.60. The molecule has 2 aromatic carbocycles. The van der Waals surface area contributed by atoms with Crippen LogP contribution in [0.1, 0.15) is 36.2 Å². The molecule has 0 radical (unpaired) electrons. The Balaban J connectivity index is 1.94. The molecule has 0 aliphatic carbocycles. The first-order chi connectivity index (χ1) is 14.8. The zero-order valence-electron chi connectivity index (χ0n) is 17.8. The zero-order valence-corrected chi connectivity index (χ0v) is 17.8. The molecule has 6 heteroatoms. The summed E-state index contributed by atoms with van der Waals surface area (Å²) in [6, 6.07) is 16.3. The highest BCUT2D eigenvalue weighted by Crippen LogP contribution is 2.35.